The number of hydrogen-bond donors (Lipinski definition) is 2. The molecule has 148 valence electrons. The van der Waals surface area contributed by atoms with E-state index in [4.69, 9.17) is 9.47 Å². The summed E-state index contributed by atoms with van der Waals surface area (Å²) in [6.07, 6.45) is 0. The number of guanidine groups is 1. The highest BCUT2D eigenvalue weighted by atomic mass is 79.9. The SMILES string of the molecule is CCNC(=NCc1cc(Br)c(OC)c(OC)c1)NCc1c(C)nn(C)c1C. The molecule has 1 heterocycles. The van der Waals surface area contributed by atoms with Crippen LogP contribution in [0.5, 0.6) is 11.5 Å². The van der Waals surface area contributed by atoms with Crippen LogP contribution in [-0.4, -0.2) is 36.5 Å². The number of ether oxygens (including phenoxy) is 2. The van der Waals surface area contributed by atoms with Gasteiger partial charge in [0.15, 0.2) is 17.5 Å². The second kappa shape index (κ2) is 9.64. The summed E-state index contributed by atoms with van der Waals surface area (Å²) in [5.74, 6) is 2.11. The normalized spacial score (nSPS) is 11.4. The highest BCUT2D eigenvalue weighted by Crippen LogP contribution is 2.36. The van der Waals surface area contributed by atoms with Crippen LogP contribution in [0.4, 0.5) is 0 Å². The van der Waals surface area contributed by atoms with E-state index in [-0.39, 0.29) is 0 Å². The minimum absolute atomic E-state index is 0.513. The molecule has 0 unspecified atom stereocenters. The van der Waals surface area contributed by atoms with Crippen molar-refractivity contribution in [2.24, 2.45) is 12.0 Å². The van der Waals surface area contributed by atoms with Crippen LogP contribution in [0.1, 0.15) is 29.4 Å². The van der Waals surface area contributed by atoms with Crippen molar-refractivity contribution >= 4 is 21.9 Å². The lowest BCUT2D eigenvalue weighted by Gasteiger charge is -2.13. The number of hydrogen-bond acceptors (Lipinski definition) is 4. The second-order valence-electron chi connectivity index (χ2n) is 6.13. The van der Waals surface area contributed by atoms with E-state index in [0.717, 1.165) is 33.9 Å². The van der Waals surface area contributed by atoms with Gasteiger partial charge >= 0.3 is 0 Å². The van der Waals surface area contributed by atoms with Gasteiger partial charge in [-0.3, -0.25) is 4.68 Å². The summed E-state index contributed by atoms with van der Waals surface area (Å²) < 4.78 is 13.5. The predicted molar refractivity (Wildman–Crippen MR) is 112 cm³/mol. The third kappa shape index (κ3) is 5.15. The van der Waals surface area contributed by atoms with Gasteiger partial charge in [0.25, 0.3) is 0 Å². The maximum Gasteiger partial charge on any atom is 0.191 e. The van der Waals surface area contributed by atoms with Crippen LogP contribution in [-0.2, 0) is 20.1 Å². The first-order valence-corrected chi connectivity index (χ1v) is 9.62. The van der Waals surface area contributed by atoms with E-state index in [0.29, 0.717) is 24.6 Å². The Balaban J connectivity index is 2.14. The maximum absolute atomic E-state index is 5.40. The Morgan fingerprint density at radius 2 is 1.96 bits per heavy atom. The molecule has 0 spiro atoms. The van der Waals surface area contributed by atoms with Crippen LogP contribution in [0.2, 0.25) is 0 Å². The van der Waals surface area contributed by atoms with Gasteiger partial charge in [-0.25, -0.2) is 4.99 Å². The third-order valence-corrected chi connectivity index (χ3v) is 4.94. The largest absolute Gasteiger partial charge is 0.493 e. The van der Waals surface area contributed by atoms with E-state index in [1.165, 1.54) is 5.56 Å². The average Bonchev–Trinajstić information content (AvgIpc) is 2.88. The zero-order valence-corrected chi connectivity index (χ0v) is 18.4. The van der Waals surface area contributed by atoms with Crippen molar-refractivity contribution in [3.63, 3.8) is 0 Å². The minimum atomic E-state index is 0.513. The molecule has 2 rings (SSSR count). The van der Waals surface area contributed by atoms with Crippen molar-refractivity contribution < 1.29 is 9.47 Å². The molecule has 2 N–H and O–H groups in total. The molecule has 8 heteroatoms. The second-order valence-corrected chi connectivity index (χ2v) is 6.99. The first-order chi connectivity index (χ1) is 12.9. The number of aryl methyl sites for hydroxylation is 2. The number of methoxy groups -OCH3 is 2. The van der Waals surface area contributed by atoms with Crippen LogP contribution in [0.25, 0.3) is 0 Å². The van der Waals surface area contributed by atoms with Gasteiger partial charge < -0.3 is 20.1 Å². The van der Waals surface area contributed by atoms with Gasteiger partial charge in [0.1, 0.15) is 0 Å². The van der Waals surface area contributed by atoms with E-state index in [1.807, 2.05) is 37.7 Å². The molecule has 0 aliphatic carbocycles. The summed E-state index contributed by atoms with van der Waals surface area (Å²) >= 11 is 3.52. The Morgan fingerprint density at radius 3 is 2.52 bits per heavy atom. The first-order valence-electron chi connectivity index (χ1n) is 8.82. The fourth-order valence-electron chi connectivity index (χ4n) is 2.82. The highest BCUT2D eigenvalue weighted by Gasteiger charge is 2.12. The van der Waals surface area contributed by atoms with Crippen molar-refractivity contribution in [2.45, 2.75) is 33.9 Å². The molecular formula is C19H28BrN5O2. The summed E-state index contributed by atoms with van der Waals surface area (Å²) in [7, 11) is 5.21. The van der Waals surface area contributed by atoms with E-state index in [1.54, 1.807) is 14.2 Å². The molecule has 2 aromatic rings. The molecule has 0 aliphatic rings. The average molecular weight is 438 g/mol. The van der Waals surface area contributed by atoms with Crippen LogP contribution in [0, 0.1) is 13.8 Å². The number of benzene rings is 1. The number of halogens is 1. The van der Waals surface area contributed by atoms with Crippen LogP contribution in [0.3, 0.4) is 0 Å². The van der Waals surface area contributed by atoms with Crippen LogP contribution in [0.15, 0.2) is 21.6 Å². The van der Waals surface area contributed by atoms with E-state index in [9.17, 15) is 0 Å². The van der Waals surface area contributed by atoms with Gasteiger partial charge in [-0.1, -0.05) is 0 Å². The zero-order chi connectivity index (χ0) is 20.0. The molecule has 0 bridgehead atoms. The molecular weight excluding hydrogens is 410 g/mol. The van der Waals surface area contributed by atoms with Gasteiger partial charge in [-0.15, -0.1) is 0 Å². The molecule has 7 nitrogen and oxygen atoms in total. The summed E-state index contributed by atoms with van der Waals surface area (Å²) in [4.78, 5) is 4.69. The van der Waals surface area contributed by atoms with Gasteiger partial charge in [-0.2, -0.15) is 5.10 Å². The smallest absolute Gasteiger partial charge is 0.191 e. The predicted octanol–water partition coefficient (Wildman–Crippen LogP) is 3.07. The van der Waals surface area contributed by atoms with Crippen LogP contribution >= 0.6 is 15.9 Å². The van der Waals surface area contributed by atoms with E-state index in [2.05, 4.69) is 43.6 Å². The Kier molecular flexibility index (Phi) is 7.53. The molecule has 0 saturated carbocycles. The topological polar surface area (TPSA) is 72.7 Å². The molecule has 0 radical (unpaired) electrons. The summed E-state index contributed by atoms with van der Waals surface area (Å²) in [5, 5.41) is 11.1. The molecule has 0 atom stereocenters. The molecule has 0 saturated heterocycles. The van der Waals surface area contributed by atoms with Crippen molar-refractivity contribution in [3.8, 4) is 11.5 Å². The lowest BCUT2D eigenvalue weighted by atomic mass is 10.2. The Hall–Kier alpha value is -2.22. The Morgan fingerprint density at radius 1 is 1.22 bits per heavy atom. The zero-order valence-electron chi connectivity index (χ0n) is 16.8. The molecule has 0 amide bonds. The first kappa shape index (κ1) is 21.1. The Labute approximate surface area is 169 Å². The summed E-state index contributed by atoms with van der Waals surface area (Å²) in [6.45, 7) is 8.11. The van der Waals surface area contributed by atoms with Gasteiger partial charge in [0.2, 0.25) is 0 Å². The quantitative estimate of drug-likeness (QED) is 0.514. The van der Waals surface area contributed by atoms with Gasteiger partial charge in [0.05, 0.1) is 30.9 Å². The monoisotopic (exact) mass is 437 g/mol. The highest BCUT2D eigenvalue weighted by molar-refractivity contribution is 9.10. The number of nitrogens with zero attached hydrogens (tertiary/aromatic N) is 3. The number of nitrogens with one attached hydrogen (secondary N) is 2. The van der Waals surface area contributed by atoms with E-state index < -0.39 is 0 Å². The van der Waals surface area contributed by atoms with E-state index >= 15 is 0 Å². The lowest BCUT2D eigenvalue weighted by molar-refractivity contribution is 0.352. The maximum atomic E-state index is 5.40. The molecule has 1 aromatic carbocycles. The fraction of sp³-hybridized carbons (Fsp3) is 0.474. The van der Waals surface area contributed by atoms with Crippen molar-refractivity contribution in [2.75, 3.05) is 20.8 Å². The Bertz CT molecular complexity index is 817. The number of aromatic nitrogens is 2. The number of rotatable bonds is 7. The van der Waals surface area contributed by atoms with Crippen molar-refractivity contribution in [1.29, 1.82) is 0 Å². The standard InChI is InChI=1S/C19H28BrN5O2/c1-7-21-19(23-11-15-12(2)24-25(4)13(15)3)22-10-14-8-16(20)18(27-6)17(9-14)26-5/h8-9H,7,10-11H2,1-6H3,(H2,21,22,23). The molecule has 1 aromatic heterocycles. The fourth-order valence-corrected chi connectivity index (χ4v) is 3.47. The molecule has 0 aliphatic heterocycles. The van der Waals surface area contributed by atoms with Crippen molar-refractivity contribution in [3.05, 3.63) is 39.1 Å². The van der Waals surface area contributed by atoms with Crippen molar-refractivity contribution in [1.82, 2.24) is 20.4 Å². The summed E-state index contributed by atoms with van der Waals surface area (Å²) in [6, 6.07) is 3.93. The van der Waals surface area contributed by atoms with Gasteiger partial charge in [0, 0.05) is 31.4 Å². The van der Waals surface area contributed by atoms with Crippen LogP contribution < -0.4 is 20.1 Å². The number of aliphatic imine (C=N–C) groups is 1. The minimum Gasteiger partial charge on any atom is -0.493 e. The third-order valence-electron chi connectivity index (χ3n) is 4.35. The molecule has 27 heavy (non-hydrogen) atoms. The van der Waals surface area contributed by atoms with Gasteiger partial charge in [-0.05, 0) is 54.4 Å². The summed E-state index contributed by atoms with van der Waals surface area (Å²) in [5.41, 5.74) is 4.39. The molecule has 0 fully saturated rings. The lowest BCUT2D eigenvalue weighted by Crippen LogP contribution is -2.37.